The van der Waals surface area contributed by atoms with E-state index in [1.54, 1.807) is 18.2 Å². The minimum Gasteiger partial charge on any atom is -0.461 e. The highest BCUT2D eigenvalue weighted by Gasteiger charge is 2.64. The lowest BCUT2D eigenvalue weighted by atomic mass is 9.84. The standard InChI is InChI=1S/C29H20N2O4/c32-27(22-10-5-15-35-22)26-24-23(25-21-9-4-3-7-18(21)13-14-30(25)26)28(33)31(29(24)34)20-12-11-17-6-1-2-8-19(17)16-20/h1-16,23-26H/t23-,24+,25?,26-/m0/s1. The summed E-state index contributed by atoms with van der Waals surface area (Å²) in [5.41, 5.74) is 2.47. The van der Waals surface area contributed by atoms with Crippen LogP contribution in [0, 0.1) is 11.8 Å². The zero-order valence-electron chi connectivity index (χ0n) is 18.6. The Morgan fingerprint density at radius 2 is 1.57 bits per heavy atom. The fourth-order valence-corrected chi connectivity index (χ4v) is 5.99. The van der Waals surface area contributed by atoms with Gasteiger partial charge in [-0.25, -0.2) is 4.90 Å². The van der Waals surface area contributed by atoms with Crippen LogP contribution < -0.4 is 4.90 Å². The molecule has 35 heavy (non-hydrogen) atoms. The number of fused-ring (bicyclic) bond motifs is 6. The van der Waals surface area contributed by atoms with E-state index in [1.165, 1.54) is 11.2 Å². The van der Waals surface area contributed by atoms with E-state index >= 15 is 0 Å². The van der Waals surface area contributed by atoms with Crippen molar-refractivity contribution in [2.75, 3.05) is 4.90 Å². The van der Waals surface area contributed by atoms with Gasteiger partial charge in [-0.1, -0.05) is 54.6 Å². The zero-order chi connectivity index (χ0) is 23.7. The number of ketones is 1. The molecular formula is C29H20N2O4. The quantitative estimate of drug-likeness (QED) is 0.324. The molecule has 1 unspecified atom stereocenters. The molecule has 2 saturated heterocycles. The summed E-state index contributed by atoms with van der Waals surface area (Å²) in [4.78, 5) is 44.7. The van der Waals surface area contributed by atoms with Gasteiger partial charge in [0.2, 0.25) is 17.6 Å². The molecule has 7 rings (SSSR count). The van der Waals surface area contributed by atoms with Crippen LogP contribution in [0.25, 0.3) is 16.8 Å². The Labute approximate surface area is 201 Å². The van der Waals surface area contributed by atoms with Gasteiger partial charge in [-0.2, -0.15) is 0 Å². The van der Waals surface area contributed by atoms with Gasteiger partial charge in [0.15, 0.2) is 5.76 Å². The number of anilines is 1. The Kier molecular flexibility index (Phi) is 4.15. The van der Waals surface area contributed by atoms with Crippen LogP contribution >= 0.6 is 0 Å². The number of rotatable bonds is 3. The third-order valence-corrected chi connectivity index (χ3v) is 7.49. The topological polar surface area (TPSA) is 70.8 Å². The van der Waals surface area contributed by atoms with Crippen molar-refractivity contribution in [2.24, 2.45) is 11.8 Å². The maximum Gasteiger partial charge on any atom is 0.240 e. The molecule has 3 aliphatic rings. The van der Waals surface area contributed by atoms with Crippen LogP contribution in [0.4, 0.5) is 5.69 Å². The van der Waals surface area contributed by atoms with Crippen LogP contribution in [-0.4, -0.2) is 28.5 Å². The fourth-order valence-electron chi connectivity index (χ4n) is 5.99. The van der Waals surface area contributed by atoms with Crippen molar-refractivity contribution in [1.29, 1.82) is 0 Å². The Morgan fingerprint density at radius 3 is 2.40 bits per heavy atom. The number of furan rings is 1. The molecule has 3 aromatic carbocycles. The van der Waals surface area contributed by atoms with Crippen molar-refractivity contribution in [3.05, 3.63) is 108 Å². The molecule has 0 radical (unpaired) electrons. The Hall–Kier alpha value is -4.45. The monoisotopic (exact) mass is 460 g/mol. The van der Waals surface area contributed by atoms with Crippen molar-refractivity contribution in [1.82, 2.24) is 4.90 Å². The second-order valence-corrected chi connectivity index (χ2v) is 9.22. The van der Waals surface area contributed by atoms with Crippen molar-refractivity contribution >= 4 is 40.1 Å². The SMILES string of the molecule is O=C(c1ccco1)[C@@H]1[C@@H]2C(=O)N(c3ccc4ccccc4c3)C(=O)[C@@H]2C2c3ccccc3C=CN21. The number of nitrogens with zero attached hydrogens (tertiary/aromatic N) is 2. The minimum absolute atomic E-state index is 0.186. The summed E-state index contributed by atoms with van der Waals surface area (Å²) in [7, 11) is 0. The third kappa shape index (κ3) is 2.74. The molecule has 1 aromatic heterocycles. The van der Waals surface area contributed by atoms with E-state index in [2.05, 4.69) is 0 Å². The normalized spacial score (nSPS) is 24.6. The van der Waals surface area contributed by atoms with E-state index < -0.39 is 23.9 Å². The zero-order valence-corrected chi connectivity index (χ0v) is 18.6. The first kappa shape index (κ1) is 20.0. The molecule has 0 spiro atoms. The van der Waals surface area contributed by atoms with E-state index in [1.807, 2.05) is 77.8 Å². The summed E-state index contributed by atoms with van der Waals surface area (Å²) in [6.45, 7) is 0. The molecule has 0 N–H and O–H groups in total. The third-order valence-electron chi connectivity index (χ3n) is 7.49. The summed E-state index contributed by atoms with van der Waals surface area (Å²) in [5.74, 6) is -2.22. The Bertz CT molecular complexity index is 1550. The number of carbonyl (C=O) groups excluding carboxylic acids is 3. The summed E-state index contributed by atoms with van der Waals surface area (Å²) >= 11 is 0. The van der Waals surface area contributed by atoms with E-state index in [9.17, 15) is 14.4 Å². The molecule has 6 heteroatoms. The highest BCUT2D eigenvalue weighted by molar-refractivity contribution is 6.25. The summed E-state index contributed by atoms with van der Waals surface area (Å²) < 4.78 is 5.42. The van der Waals surface area contributed by atoms with Crippen molar-refractivity contribution in [3.63, 3.8) is 0 Å². The fraction of sp³-hybridized carbons (Fsp3) is 0.138. The highest BCUT2D eigenvalue weighted by atomic mass is 16.3. The molecular weight excluding hydrogens is 440 g/mol. The summed E-state index contributed by atoms with van der Waals surface area (Å²) in [5, 5.41) is 1.97. The second kappa shape index (κ2) is 7.27. The first-order valence-electron chi connectivity index (χ1n) is 11.6. The number of carbonyl (C=O) groups is 3. The van der Waals surface area contributed by atoms with Gasteiger partial charge < -0.3 is 9.32 Å². The van der Waals surface area contributed by atoms with Crippen molar-refractivity contribution < 1.29 is 18.8 Å². The van der Waals surface area contributed by atoms with Gasteiger partial charge >= 0.3 is 0 Å². The van der Waals surface area contributed by atoms with Gasteiger partial charge in [-0.05, 0) is 52.2 Å². The summed E-state index contributed by atoms with van der Waals surface area (Å²) in [6.07, 6.45) is 5.23. The maximum absolute atomic E-state index is 14.0. The molecule has 6 nitrogen and oxygen atoms in total. The molecule has 0 aliphatic carbocycles. The molecule has 4 atom stereocenters. The van der Waals surface area contributed by atoms with E-state index in [0.29, 0.717) is 5.69 Å². The Morgan fingerprint density at radius 1 is 0.800 bits per heavy atom. The number of hydrogen-bond acceptors (Lipinski definition) is 5. The molecule has 0 bridgehead atoms. The molecule has 4 heterocycles. The van der Waals surface area contributed by atoms with Crippen molar-refractivity contribution in [3.8, 4) is 0 Å². The minimum atomic E-state index is -0.831. The van der Waals surface area contributed by atoms with Gasteiger partial charge in [0.1, 0.15) is 6.04 Å². The molecule has 4 aromatic rings. The number of hydrogen-bond donors (Lipinski definition) is 0. The van der Waals surface area contributed by atoms with Crippen LogP contribution in [0.3, 0.4) is 0 Å². The molecule has 3 aliphatic heterocycles. The highest BCUT2D eigenvalue weighted by Crippen LogP contribution is 2.53. The van der Waals surface area contributed by atoms with Crippen LogP contribution in [0.5, 0.6) is 0 Å². The van der Waals surface area contributed by atoms with E-state index in [0.717, 1.165) is 21.9 Å². The van der Waals surface area contributed by atoms with Crippen LogP contribution in [0.2, 0.25) is 0 Å². The molecule has 2 amide bonds. The first-order chi connectivity index (χ1) is 17.1. The van der Waals surface area contributed by atoms with E-state index in [4.69, 9.17) is 4.42 Å². The largest absolute Gasteiger partial charge is 0.461 e. The second-order valence-electron chi connectivity index (χ2n) is 9.22. The van der Waals surface area contributed by atoms with E-state index in [-0.39, 0.29) is 23.4 Å². The van der Waals surface area contributed by atoms with Crippen LogP contribution in [0.1, 0.15) is 27.7 Å². The number of amides is 2. The van der Waals surface area contributed by atoms with Gasteiger partial charge in [-0.15, -0.1) is 0 Å². The van der Waals surface area contributed by atoms with Gasteiger partial charge in [-0.3, -0.25) is 14.4 Å². The molecule has 2 fully saturated rings. The lowest BCUT2D eigenvalue weighted by molar-refractivity contribution is -0.123. The Balaban J connectivity index is 1.38. The average Bonchev–Trinajstić information content (AvgIpc) is 3.60. The smallest absolute Gasteiger partial charge is 0.240 e. The van der Waals surface area contributed by atoms with Gasteiger partial charge in [0.25, 0.3) is 0 Å². The van der Waals surface area contributed by atoms with Crippen LogP contribution in [-0.2, 0) is 9.59 Å². The first-order valence-corrected chi connectivity index (χ1v) is 11.6. The number of Topliss-reactive ketones (excluding diaryl/α,β-unsaturated/α-hetero) is 1. The van der Waals surface area contributed by atoms with Gasteiger partial charge in [0.05, 0.1) is 29.8 Å². The number of imide groups is 1. The predicted molar refractivity (Wildman–Crippen MR) is 130 cm³/mol. The number of benzene rings is 3. The molecule has 0 saturated carbocycles. The lowest BCUT2D eigenvalue weighted by Crippen LogP contribution is -2.44. The summed E-state index contributed by atoms with van der Waals surface area (Å²) in [6, 6.07) is 23.3. The average molecular weight is 460 g/mol. The lowest BCUT2D eigenvalue weighted by Gasteiger charge is -2.35. The van der Waals surface area contributed by atoms with Crippen LogP contribution in [0.15, 0.2) is 95.7 Å². The molecule has 170 valence electrons. The van der Waals surface area contributed by atoms with Crippen molar-refractivity contribution in [2.45, 2.75) is 12.1 Å². The van der Waals surface area contributed by atoms with Gasteiger partial charge in [0, 0.05) is 6.20 Å². The predicted octanol–water partition coefficient (Wildman–Crippen LogP) is 4.83. The maximum atomic E-state index is 14.0.